The van der Waals surface area contributed by atoms with Gasteiger partial charge in [0.25, 0.3) is 0 Å². The van der Waals surface area contributed by atoms with Gasteiger partial charge in [0.05, 0.1) is 4.92 Å². The van der Waals surface area contributed by atoms with Crippen molar-refractivity contribution in [3.05, 3.63) is 82.2 Å². The molecular weight excluding hydrogens is 372 g/mol. The normalized spacial score (nSPS) is 11.1. The van der Waals surface area contributed by atoms with E-state index in [-0.39, 0.29) is 18.1 Å². The second kappa shape index (κ2) is 8.14. The number of nitro groups is 1. The molecule has 0 bridgehead atoms. The van der Waals surface area contributed by atoms with Gasteiger partial charge < -0.3 is 10.1 Å². The minimum Gasteiger partial charge on any atom is -0.457 e. The monoisotopic (exact) mass is 394 g/mol. The fourth-order valence-corrected chi connectivity index (χ4v) is 2.69. The molecule has 1 amide bonds. The third kappa shape index (κ3) is 4.60. The summed E-state index contributed by atoms with van der Waals surface area (Å²) in [6, 6.07) is 15.1. The highest BCUT2D eigenvalue weighted by molar-refractivity contribution is 5.83. The summed E-state index contributed by atoms with van der Waals surface area (Å²) in [7, 11) is 0. The summed E-state index contributed by atoms with van der Waals surface area (Å²) < 4.78 is 7.24. The number of rotatable bonds is 7. The van der Waals surface area contributed by atoms with Gasteiger partial charge in [0.2, 0.25) is 5.91 Å². The van der Waals surface area contributed by atoms with Crippen molar-refractivity contribution in [3.8, 4) is 11.5 Å². The van der Waals surface area contributed by atoms with Gasteiger partial charge in [-0.05, 0) is 39.0 Å². The Morgan fingerprint density at radius 1 is 1.21 bits per heavy atom. The second-order valence-corrected chi connectivity index (χ2v) is 7.16. The summed E-state index contributed by atoms with van der Waals surface area (Å²) >= 11 is 0. The van der Waals surface area contributed by atoms with Crippen LogP contribution in [0.3, 0.4) is 0 Å². The van der Waals surface area contributed by atoms with Crippen LogP contribution in [0.25, 0.3) is 0 Å². The molecular formula is C21H22N4O4. The van der Waals surface area contributed by atoms with E-state index in [1.165, 1.54) is 10.9 Å². The van der Waals surface area contributed by atoms with Crippen LogP contribution in [0, 0.1) is 17.0 Å². The summed E-state index contributed by atoms with van der Waals surface area (Å²) in [4.78, 5) is 23.1. The van der Waals surface area contributed by atoms with Crippen LogP contribution in [0.2, 0.25) is 0 Å². The molecule has 0 aliphatic heterocycles. The molecule has 2 aromatic carbocycles. The number of ether oxygens (including phenoxy) is 1. The first kappa shape index (κ1) is 20.1. The number of nitrogens with one attached hydrogen (secondary N) is 1. The van der Waals surface area contributed by atoms with Crippen LogP contribution in [-0.4, -0.2) is 20.6 Å². The average Bonchev–Trinajstić information content (AvgIpc) is 3.20. The Hall–Kier alpha value is -3.68. The number of nitrogens with zero attached hydrogens (tertiary/aromatic N) is 3. The number of aromatic nitrogens is 2. The van der Waals surface area contributed by atoms with Gasteiger partial charge in [-0.3, -0.25) is 19.6 Å². The molecule has 0 aliphatic carbocycles. The summed E-state index contributed by atoms with van der Waals surface area (Å²) in [5, 5.41) is 17.7. The van der Waals surface area contributed by atoms with E-state index in [4.69, 9.17) is 4.74 Å². The zero-order valence-corrected chi connectivity index (χ0v) is 16.5. The smallest absolute Gasteiger partial charge is 0.307 e. The van der Waals surface area contributed by atoms with E-state index >= 15 is 0 Å². The lowest BCUT2D eigenvalue weighted by Crippen LogP contribution is -2.44. The Morgan fingerprint density at radius 2 is 1.90 bits per heavy atom. The largest absolute Gasteiger partial charge is 0.457 e. The van der Waals surface area contributed by atoms with Gasteiger partial charge in [0, 0.05) is 12.1 Å². The molecule has 1 N–H and O–H groups in total. The number of para-hydroxylation sites is 1. The first-order chi connectivity index (χ1) is 13.8. The van der Waals surface area contributed by atoms with Crippen molar-refractivity contribution in [2.24, 2.45) is 0 Å². The standard InChI is InChI=1S/C21H22N4O4/c1-15-8-10-18(11-9-15)29-19-7-5-4-6-16(19)12-22-20(26)21(2,3)24-14-17(13-23-24)25(27)28/h4-11,13-14H,12H2,1-3H3,(H,22,26). The molecule has 0 saturated heterocycles. The summed E-state index contributed by atoms with van der Waals surface area (Å²) in [5.74, 6) is 1.03. The number of amides is 1. The molecule has 0 aliphatic rings. The minimum absolute atomic E-state index is 0.164. The van der Waals surface area contributed by atoms with Crippen LogP contribution in [-0.2, 0) is 16.9 Å². The second-order valence-electron chi connectivity index (χ2n) is 7.16. The Labute approximate surface area is 168 Å². The summed E-state index contributed by atoms with van der Waals surface area (Å²) in [5.41, 5.74) is 0.687. The van der Waals surface area contributed by atoms with E-state index in [1.54, 1.807) is 13.8 Å². The number of hydrogen-bond acceptors (Lipinski definition) is 5. The Bertz CT molecular complexity index is 1030. The van der Waals surface area contributed by atoms with Gasteiger partial charge in [0.15, 0.2) is 0 Å². The van der Waals surface area contributed by atoms with Crippen LogP contribution in [0.4, 0.5) is 5.69 Å². The fraction of sp³-hybridized carbons (Fsp3) is 0.238. The zero-order valence-electron chi connectivity index (χ0n) is 16.5. The average molecular weight is 394 g/mol. The van der Waals surface area contributed by atoms with E-state index in [2.05, 4.69) is 10.4 Å². The van der Waals surface area contributed by atoms with Crippen LogP contribution < -0.4 is 10.1 Å². The molecule has 8 nitrogen and oxygen atoms in total. The molecule has 0 unspecified atom stereocenters. The molecule has 0 saturated carbocycles. The highest BCUT2D eigenvalue weighted by Gasteiger charge is 2.32. The number of benzene rings is 2. The van der Waals surface area contributed by atoms with E-state index in [9.17, 15) is 14.9 Å². The molecule has 29 heavy (non-hydrogen) atoms. The van der Waals surface area contributed by atoms with Gasteiger partial charge >= 0.3 is 5.69 Å². The lowest BCUT2D eigenvalue weighted by molar-refractivity contribution is -0.385. The van der Waals surface area contributed by atoms with Crippen molar-refractivity contribution in [1.82, 2.24) is 15.1 Å². The highest BCUT2D eigenvalue weighted by atomic mass is 16.6. The SMILES string of the molecule is Cc1ccc(Oc2ccccc2CNC(=O)C(C)(C)n2cc([N+](=O)[O-])cn2)cc1. The van der Waals surface area contributed by atoms with E-state index < -0.39 is 10.5 Å². The molecule has 3 aromatic rings. The number of carbonyl (C=O) groups excluding carboxylic acids is 1. The van der Waals surface area contributed by atoms with Gasteiger partial charge in [0.1, 0.15) is 29.4 Å². The summed E-state index contributed by atoms with van der Waals surface area (Å²) in [6.45, 7) is 5.54. The van der Waals surface area contributed by atoms with Crippen molar-refractivity contribution < 1.29 is 14.5 Å². The molecule has 3 rings (SSSR count). The number of aryl methyl sites for hydroxylation is 1. The van der Waals surface area contributed by atoms with Crippen LogP contribution in [0.1, 0.15) is 25.0 Å². The van der Waals surface area contributed by atoms with Crippen molar-refractivity contribution in [3.63, 3.8) is 0 Å². The van der Waals surface area contributed by atoms with Crippen molar-refractivity contribution in [2.75, 3.05) is 0 Å². The predicted octanol–water partition coefficient (Wildman–Crippen LogP) is 3.94. The van der Waals surface area contributed by atoms with E-state index in [0.717, 1.165) is 17.3 Å². The van der Waals surface area contributed by atoms with Crippen molar-refractivity contribution in [1.29, 1.82) is 0 Å². The van der Waals surface area contributed by atoms with Crippen molar-refractivity contribution >= 4 is 11.6 Å². The van der Waals surface area contributed by atoms with Crippen molar-refractivity contribution in [2.45, 2.75) is 32.9 Å². The third-order valence-electron chi connectivity index (χ3n) is 4.57. The first-order valence-electron chi connectivity index (χ1n) is 9.07. The van der Waals surface area contributed by atoms with E-state index in [1.807, 2.05) is 55.5 Å². The van der Waals surface area contributed by atoms with Crippen LogP contribution >= 0.6 is 0 Å². The Morgan fingerprint density at radius 3 is 2.55 bits per heavy atom. The third-order valence-corrected chi connectivity index (χ3v) is 4.57. The quantitative estimate of drug-likeness (QED) is 0.483. The maximum absolute atomic E-state index is 12.7. The van der Waals surface area contributed by atoms with Gasteiger partial charge in [-0.15, -0.1) is 0 Å². The van der Waals surface area contributed by atoms with Gasteiger partial charge in [-0.2, -0.15) is 5.10 Å². The number of hydrogen-bond donors (Lipinski definition) is 1. The van der Waals surface area contributed by atoms with E-state index in [0.29, 0.717) is 11.5 Å². The van der Waals surface area contributed by atoms with Gasteiger partial charge in [-0.1, -0.05) is 35.9 Å². The molecule has 150 valence electrons. The fourth-order valence-electron chi connectivity index (χ4n) is 2.69. The molecule has 0 fully saturated rings. The molecule has 1 heterocycles. The van der Waals surface area contributed by atoms with Crippen LogP contribution in [0.15, 0.2) is 60.9 Å². The zero-order chi connectivity index (χ0) is 21.0. The molecule has 1 aromatic heterocycles. The molecule has 0 atom stereocenters. The lowest BCUT2D eigenvalue weighted by atomic mass is 10.0. The molecule has 0 radical (unpaired) electrons. The first-order valence-corrected chi connectivity index (χ1v) is 9.07. The maximum Gasteiger partial charge on any atom is 0.307 e. The minimum atomic E-state index is -1.10. The lowest BCUT2D eigenvalue weighted by Gasteiger charge is -2.24. The number of carbonyl (C=O) groups is 1. The topological polar surface area (TPSA) is 99.3 Å². The maximum atomic E-state index is 12.7. The van der Waals surface area contributed by atoms with Crippen LogP contribution in [0.5, 0.6) is 11.5 Å². The summed E-state index contributed by atoms with van der Waals surface area (Å²) in [6.07, 6.45) is 2.37. The highest BCUT2D eigenvalue weighted by Crippen LogP contribution is 2.26. The molecule has 0 spiro atoms. The molecule has 8 heteroatoms. The Balaban J connectivity index is 1.71. The Kier molecular flexibility index (Phi) is 5.63. The predicted molar refractivity (Wildman–Crippen MR) is 108 cm³/mol. The van der Waals surface area contributed by atoms with Gasteiger partial charge in [-0.25, -0.2) is 0 Å².